The molecule has 2 aromatic carbocycles. The molecule has 0 aromatic heterocycles. The van der Waals surface area contributed by atoms with Crippen molar-refractivity contribution in [2.45, 2.75) is 20.3 Å². The number of hydrogen-bond donors (Lipinski definition) is 1. The summed E-state index contributed by atoms with van der Waals surface area (Å²) in [5.74, 6) is -0.793. The number of carboxylic acids is 1. The van der Waals surface area contributed by atoms with Crippen molar-refractivity contribution in [3.63, 3.8) is 0 Å². The van der Waals surface area contributed by atoms with Gasteiger partial charge in [0.1, 0.15) is 5.75 Å². The Kier molecular flexibility index (Phi) is 5.84. The van der Waals surface area contributed by atoms with E-state index in [1.807, 2.05) is 26.0 Å². The molecule has 1 heterocycles. The highest BCUT2D eigenvalue weighted by Crippen LogP contribution is 2.37. The SMILES string of the molecule is Cc1ccc(N2C(=O)S/C(=C/c3cccc(OCCC(=O)O)c3)C2=O)c(C)c1. The molecule has 1 aliphatic rings. The molecule has 28 heavy (non-hydrogen) atoms. The summed E-state index contributed by atoms with van der Waals surface area (Å²) >= 11 is 0.892. The number of ether oxygens (including phenoxy) is 1. The Morgan fingerprint density at radius 2 is 1.96 bits per heavy atom. The van der Waals surface area contributed by atoms with E-state index >= 15 is 0 Å². The van der Waals surface area contributed by atoms with Gasteiger partial charge in [-0.3, -0.25) is 14.4 Å². The summed E-state index contributed by atoms with van der Waals surface area (Å²) in [4.78, 5) is 37.3. The van der Waals surface area contributed by atoms with Crippen LogP contribution in [0.5, 0.6) is 5.75 Å². The number of amides is 2. The van der Waals surface area contributed by atoms with Crippen LogP contribution in [-0.2, 0) is 9.59 Å². The lowest BCUT2D eigenvalue weighted by molar-refractivity contribution is -0.137. The second-order valence-electron chi connectivity index (χ2n) is 6.37. The third-order valence-electron chi connectivity index (χ3n) is 4.13. The molecule has 1 aliphatic heterocycles. The van der Waals surface area contributed by atoms with Crippen molar-refractivity contribution in [1.29, 1.82) is 0 Å². The van der Waals surface area contributed by atoms with Crippen LogP contribution in [0.15, 0.2) is 47.4 Å². The fourth-order valence-corrected chi connectivity index (χ4v) is 3.67. The van der Waals surface area contributed by atoms with E-state index in [4.69, 9.17) is 9.84 Å². The molecule has 6 nitrogen and oxygen atoms in total. The molecular formula is C21H19NO5S. The van der Waals surface area contributed by atoms with Gasteiger partial charge >= 0.3 is 5.97 Å². The van der Waals surface area contributed by atoms with E-state index in [9.17, 15) is 14.4 Å². The lowest BCUT2D eigenvalue weighted by atomic mass is 10.1. The molecule has 0 aliphatic carbocycles. The Bertz CT molecular complexity index is 983. The summed E-state index contributed by atoms with van der Waals surface area (Å²) in [6.07, 6.45) is 1.54. The van der Waals surface area contributed by atoms with Crippen LogP contribution >= 0.6 is 11.8 Å². The summed E-state index contributed by atoms with van der Waals surface area (Å²) in [6, 6.07) is 12.5. The summed E-state index contributed by atoms with van der Waals surface area (Å²) < 4.78 is 5.41. The van der Waals surface area contributed by atoms with Crippen molar-refractivity contribution in [2.75, 3.05) is 11.5 Å². The quantitative estimate of drug-likeness (QED) is 0.728. The van der Waals surface area contributed by atoms with E-state index in [0.29, 0.717) is 21.9 Å². The van der Waals surface area contributed by atoms with Gasteiger partial charge in [0.05, 0.1) is 23.6 Å². The number of hydrogen-bond acceptors (Lipinski definition) is 5. The molecule has 0 radical (unpaired) electrons. The molecule has 0 spiro atoms. The number of carboxylic acid groups (broad SMARTS) is 1. The highest BCUT2D eigenvalue weighted by Gasteiger charge is 2.36. The van der Waals surface area contributed by atoms with Crippen LogP contribution in [0.25, 0.3) is 6.08 Å². The molecule has 2 aromatic rings. The van der Waals surface area contributed by atoms with Crippen LogP contribution in [0.1, 0.15) is 23.1 Å². The molecule has 0 bridgehead atoms. The Morgan fingerprint density at radius 3 is 2.68 bits per heavy atom. The maximum atomic E-state index is 12.8. The summed E-state index contributed by atoms with van der Waals surface area (Å²) in [5, 5.41) is 8.34. The van der Waals surface area contributed by atoms with Gasteiger partial charge < -0.3 is 9.84 Å². The first-order chi connectivity index (χ1) is 13.3. The van der Waals surface area contributed by atoms with Gasteiger partial charge in [-0.1, -0.05) is 29.8 Å². The van der Waals surface area contributed by atoms with Gasteiger partial charge in [-0.25, -0.2) is 4.90 Å². The predicted molar refractivity (Wildman–Crippen MR) is 109 cm³/mol. The normalized spacial score (nSPS) is 15.4. The average Bonchev–Trinajstić information content (AvgIpc) is 2.89. The average molecular weight is 397 g/mol. The van der Waals surface area contributed by atoms with Crippen molar-refractivity contribution in [1.82, 2.24) is 0 Å². The number of aliphatic carboxylic acids is 1. The topological polar surface area (TPSA) is 83.9 Å². The zero-order chi connectivity index (χ0) is 20.3. The van der Waals surface area contributed by atoms with Gasteiger partial charge in [0.2, 0.25) is 0 Å². The molecule has 0 atom stereocenters. The Hall–Kier alpha value is -3.06. The number of thioether (sulfide) groups is 1. The van der Waals surface area contributed by atoms with Crippen LogP contribution in [0, 0.1) is 13.8 Å². The lowest BCUT2D eigenvalue weighted by Gasteiger charge is -2.15. The predicted octanol–water partition coefficient (Wildman–Crippen LogP) is 4.40. The zero-order valence-corrected chi connectivity index (χ0v) is 16.3. The van der Waals surface area contributed by atoms with Gasteiger partial charge in [0, 0.05) is 0 Å². The fraction of sp³-hybridized carbons (Fsp3) is 0.190. The fourth-order valence-electron chi connectivity index (χ4n) is 2.83. The van der Waals surface area contributed by atoms with Gasteiger partial charge in [-0.2, -0.15) is 0 Å². The largest absolute Gasteiger partial charge is 0.493 e. The first-order valence-corrected chi connectivity index (χ1v) is 9.46. The minimum atomic E-state index is -0.934. The Balaban J connectivity index is 1.81. The first-order valence-electron chi connectivity index (χ1n) is 8.65. The van der Waals surface area contributed by atoms with Crippen molar-refractivity contribution >= 4 is 40.6 Å². The third-order valence-corrected chi connectivity index (χ3v) is 5.00. The molecule has 7 heteroatoms. The van der Waals surface area contributed by atoms with Crippen molar-refractivity contribution < 1.29 is 24.2 Å². The molecule has 0 saturated carbocycles. The van der Waals surface area contributed by atoms with Gasteiger partial charge in [0.15, 0.2) is 0 Å². The van der Waals surface area contributed by atoms with E-state index < -0.39 is 5.97 Å². The van der Waals surface area contributed by atoms with Crippen molar-refractivity contribution in [3.8, 4) is 5.75 Å². The maximum Gasteiger partial charge on any atom is 0.306 e. The number of aryl methyl sites for hydroxylation is 2. The van der Waals surface area contributed by atoms with Crippen molar-refractivity contribution in [2.24, 2.45) is 0 Å². The number of carbonyl (C=O) groups is 3. The van der Waals surface area contributed by atoms with Crippen LogP contribution in [0.4, 0.5) is 10.5 Å². The van der Waals surface area contributed by atoms with Crippen molar-refractivity contribution in [3.05, 3.63) is 64.1 Å². The number of anilines is 1. The number of carbonyl (C=O) groups excluding carboxylic acids is 2. The number of rotatable bonds is 6. The standard InChI is InChI=1S/C21H19NO5S/c1-13-6-7-17(14(2)10-13)22-20(25)18(28-21(22)26)12-15-4-3-5-16(11-15)27-9-8-19(23)24/h3-7,10-12H,8-9H2,1-2H3,(H,23,24)/b18-12+. The minimum Gasteiger partial charge on any atom is -0.493 e. The summed E-state index contributed by atoms with van der Waals surface area (Å²) in [7, 11) is 0. The monoisotopic (exact) mass is 397 g/mol. The van der Waals surface area contributed by atoms with Crippen LogP contribution in [0.2, 0.25) is 0 Å². The molecule has 144 valence electrons. The molecule has 0 unspecified atom stereocenters. The molecule has 1 saturated heterocycles. The smallest absolute Gasteiger partial charge is 0.306 e. The Labute approximate surface area is 166 Å². The van der Waals surface area contributed by atoms with E-state index in [0.717, 1.165) is 22.9 Å². The summed E-state index contributed by atoms with van der Waals surface area (Å²) in [6.45, 7) is 3.88. The van der Waals surface area contributed by atoms with Gasteiger partial charge in [-0.15, -0.1) is 0 Å². The van der Waals surface area contributed by atoms with Crippen LogP contribution < -0.4 is 9.64 Å². The minimum absolute atomic E-state index is 0.0575. The van der Waals surface area contributed by atoms with Gasteiger partial charge in [-0.05, 0) is 61.0 Å². The molecule has 3 rings (SSSR count). The first kappa shape index (κ1) is 19.7. The second kappa shape index (κ2) is 8.31. The molecule has 2 amide bonds. The molecule has 1 fully saturated rings. The second-order valence-corrected chi connectivity index (χ2v) is 7.36. The lowest BCUT2D eigenvalue weighted by Crippen LogP contribution is -2.28. The van der Waals surface area contributed by atoms with E-state index in [2.05, 4.69) is 0 Å². The molecular weight excluding hydrogens is 378 g/mol. The van der Waals surface area contributed by atoms with E-state index in [-0.39, 0.29) is 24.2 Å². The van der Waals surface area contributed by atoms with Crippen LogP contribution in [-0.4, -0.2) is 28.8 Å². The maximum absolute atomic E-state index is 12.8. The van der Waals surface area contributed by atoms with E-state index in [1.54, 1.807) is 36.4 Å². The van der Waals surface area contributed by atoms with Crippen LogP contribution in [0.3, 0.4) is 0 Å². The molecule has 1 N–H and O–H groups in total. The summed E-state index contributed by atoms with van der Waals surface area (Å²) in [5.41, 5.74) is 3.20. The highest BCUT2D eigenvalue weighted by atomic mass is 32.2. The zero-order valence-electron chi connectivity index (χ0n) is 15.5. The van der Waals surface area contributed by atoms with Gasteiger partial charge in [0.25, 0.3) is 11.1 Å². The highest BCUT2D eigenvalue weighted by molar-refractivity contribution is 8.19. The number of imide groups is 1. The Morgan fingerprint density at radius 1 is 1.18 bits per heavy atom. The third kappa shape index (κ3) is 4.43. The number of benzene rings is 2. The number of nitrogens with zero attached hydrogens (tertiary/aromatic N) is 1. The van der Waals surface area contributed by atoms with E-state index in [1.165, 1.54) is 4.90 Å².